The number of nitrogens with one attached hydrogen (secondary N) is 1. The fourth-order valence-electron chi connectivity index (χ4n) is 1.92. The van der Waals surface area contributed by atoms with E-state index in [1.165, 1.54) is 12.1 Å². The number of nitrogen functional groups attached to an aromatic ring is 1. The van der Waals surface area contributed by atoms with E-state index in [-0.39, 0.29) is 17.5 Å². The Bertz CT molecular complexity index is 638. The first-order chi connectivity index (χ1) is 9.49. The minimum absolute atomic E-state index is 0.128. The third-order valence-electron chi connectivity index (χ3n) is 3.00. The zero-order valence-electron chi connectivity index (χ0n) is 11.5. The number of hydrogen-bond donors (Lipinski definition) is 2. The monoisotopic (exact) mass is 272 g/mol. The minimum atomic E-state index is -0.531. The summed E-state index contributed by atoms with van der Waals surface area (Å²) in [5.74, 6) is 0.347. The summed E-state index contributed by atoms with van der Waals surface area (Å²) in [6, 6.07) is 11.8. The van der Waals surface area contributed by atoms with Crippen LogP contribution in [-0.4, -0.2) is 5.84 Å². The van der Waals surface area contributed by atoms with Gasteiger partial charge in [-0.15, -0.1) is 0 Å². The molecule has 3 N–H and O–H groups in total. The molecular formula is C16H17FN2O. The molecule has 0 bridgehead atoms. The number of rotatable bonds is 4. The summed E-state index contributed by atoms with van der Waals surface area (Å²) in [7, 11) is 0. The molecular weight excluding hydrogens is 255 g/mol. The zero-order valence-corrected chi connectivity index (χ0v) is 11.5. The predicted molar refractivity (Wildman–Crippen MR) is 78.0 cm³/mol. The van der Waals surface area contributed by atoms with Crippen LogP contribution in [0.3, 0.4) is 0 Å². The standard InChI is InChI=1S/C16H17FN2O/c1-10(2)12-5-3-4-6-14(12)20-15-8-7-11(16(18)19)9-13(15)17/h3-10H,1-2H3,(H3,18,19). The Morgan fingerprint density at radius 3 is 2.45 bits per heavy atom. The average Bonchev–Trinajstić information content (AvgIpc) is 2.41. The second-order valence-corrected chi connectivity index (χ2v) is 4.85. The van der Waals surface area contributed by atoms with Crippen LogP contribution in [-0.2, 0) is 0 Å². The molecule has 2 aromatic carbocycles. The van der Waals surface area contributed by atoms with Crippen molar-refractivity contribution in [2.45, 2.75) is 19.8 Å². The van der Waals surface area contributed by atoms with Gasteiger partial charge in [-0.1, -0.05) is 32.0 Å². The Morgan fingerprint density at radius 1 is 1.15 bits per heavy atom. The first kappa shape index (κ1) is 14.1. The van der Waals surface area contributed by atoms with Crippen LogP contribution in [0.2, 0.25) is 0 Å². The molecule has 0 aliphatic heterocycles. The van der Waals surface area contributed by atoms with Crippen molar-refractivity contribution < 1.29 is 9.13 Å². The Hall–Kier alpha value is -2.36. The second kappa shape index (κ2) is 5.74. The van der Waals surface area contributed by atoms with Gasteiger partial charge in [-0.2, -0.15) is 0 Å². The lowest BCUT2D eigenvalue weighted by atomic mass is 10.0. The van der Waals surface area contributed by atoms with E-state index in [2.05, 4.69) is 13.8 Å². The van der Waals surface area contributed by atoms with Gasteiger partial charge >= 0.3 is 0 Å². The summed E-state index contributed by atoms with van der Waals surface area (Å²) in [4.78, 5) is 0. The quantitative estimate of drug-likeness (QED) is 0.652. The van der Waals surface area contributed by atoms with Crippen molar-refractivity contribution in [3.8, 4) is 11.5 Å². The third kappa shape index (κ3) is 2.96. The lowest BCUT2D eigenvalue weighted by Crippen LogP contribution is -2.11. The van der Waals surface area contributed by atoms with E-state index in [4.69, 9.17) is 15.9 Å². The number of amidine groups is 1. The van der Waals surface area contributed by atoms with Gasteiger partial charge in [0, 0.05) is 5.56 Å². The number of benzene rings is 2. The maximum Gasteiger partial charge on any atom is 0.166 e. The normalized spacial score (nSPS) is 10.6. The molecule has 0 radical (unpaired) electrons. The fraction of sp³-hybridized carbons (Fsp3) is 0.188. The topological polar surface area (TPSA) is 59.1 Å². The van der Waals surface area contributed by atoms with Crippen LogP contribution in [0, 0.1) is 11.2 Å². The van der Waals surface area contributed by atoms with Crippen LogP contribution in [0.25, 0.3) is 0 Å². The van der Waals surface area contributed by atoms with Crippen molar-refractivity contribution in [2.24, 2.45) is 5.73 Å². The fourth-order valence-corrected chi connectivity index (χ4v) is 1.92. The van der Waals surface area contributed by atoms with Crippen molar-refractivity contribution in [3.63, 3.8) is 0 Å². The highest BCUT2D eigenvalue weighted by Gasteiger charge is 2.11. The molecule has 0 aliphatic rings. The van der Waals surface area contributed by atoms with Gasteiger partial charge in [-0.3, -0.25) is 5.41 Å². The minimum Gasteiger partial charge on any atom is -0.454 e. The molecule has 0 spiro atoms. The van der Waals surface area contributed by atoms with E-state index >= 15 is 0 Å². The largest absolute Gasteiger partial charge is 0.454 e. The van der Waals surface area contributed by atoms with Gasteiger partial charge < -0.3 is 10.5 Å². The summed E-state index contributed by atoms with van der Waals surface area (Å²) in [5.41, 5.74) is 6.68. The van der Waals surface area contributed by atoms with Crippen LogP contribution in [0.15, 0.2) is 42.5 Å². The SMILES string of the molecule is CC(C)c1ccccc1Oc1ccc(C(=N)N)cc1F. The van der Waals surface area contributed by atoms with Crippen LogP contribution in [0.4, 0.5) is 4.39 Å². The molecule has 3 nitrogen and oxygen atoms in total. The van der Waals surface area contributed by atoms with E-state index in [0.717, 1.165) is 5.56 Å². The third-order valence-corrected chi connectivity index (χ3v) is 3.00. The molecule has 0 saturated heterocycles. The molecule has 0 heterocycles. The van der Waals surface area contributed by atoms with E-state index in [1.54, 1.807) is 6.07 Å². The molecule has 2 rings (SSSR count). The summed E-state index contributed by atoms with van der Waals surface area (Å²) >= 11 is 0. The average molecular weight is 272 g/mol. The van der Waals surface area contributed by atoms with E-state index < -0.39 is 5.82 Å². The number of halogens is 1. The van der Waals surface area contributed by atoms with Gasteiger partial charge in [-0.05, 0) is 35.7 Å². The molecule has 0 aromatic heterocycles. The Balaban J connectivity index is 2.33. The molecule has 104 valence electrons. The summed E-state index contributed by atoms with van der Waals surface area (Å²) in [5, 5.41) is 7.28. The highest BCUT2D eigenvalue weighted by atomic mass is 19.1. The highest BCUT2D eigenvalue weighted by Crippen LogP contribution is 2.31. The lowest BCUT2D eigenvalue weighted by Gasteiger charge is -2.14. The van der Waals surface area contributed by atoms with Crippen molar-refractivity contribution in [2.75, 3.05) is 0 Å². The maximum absolute atomic E-state index is 14.0. The Kier molecular flexibility index (Phi) is 4.03. The number of hydrogen-bond acceptors (Lipinski definition) is 2. The number of para-hydroxylation sites is 1. The maximum atomic E-state index is 14.0. The number of nitrogens with two attached hydrogens (primary N) is 1. The molecule has 0 atom stereocenters. The lowest BCUT2D eigenvalue weighted by molar-refractivity contribution is 0.435. The molecule has 0 aliphatic carbocycles. The molecule has 0 fully saturated rings. The van der Waals surface area contributed by atoms with E-state index in [9.17, 15) is 4.39 Å². The van der Waals surface area contributed by atoms with Crippen molar-refractivity contribution >= 4 is 5.84 Å². The van der Waals surface area contributed by atoms with Crippen LogP contribution < -0.4 is 10.5 Å². The van der Waals surface area contributed by atoms with Gasteiger partial charge in [0.1, 0.15) is 11.6 Å². The Morgan fingerprint density at radius 2 is 1.85 bits per heavy atom. The second-order valence-electron chi connectivity index (χ2n) is 4.85. The van der Waals surface area contributed by atoms with Gasteiger partial charge in [0.25, 0.3) is 0 Å². The highest BCUT2D eigenvalue weighted by molar-refractivity contribution is 5.95. The van der Waals surface area contributed by atoms with E-state index in [0.29, 0.717) is 11.3 Å². The smallest absolute Gasteiger partial charge is 0.166 e. The molecule has 0 amide bonds. The molecule has 4 heteroatoms. The van der Waals surface area contributed by atoms with Crippen LogP contribution >= 0.6 is 0 Å². The molecule has 20 heavy (non-hydrogen) atoms. The molecule has 2 aromatic rings. The van der Waals surface area contributed by atoms with E-state index in [1.807, 2.05) is 24.3 Å². The summed E-state index contributed by atoms with van der Waals surface area (Å²) in [6.45, 7) is 4.11. The summed E-state index contributed by atoms with van der Waals surface area (Å²) in [6.07, 6.45) is 0. The van der Waals surface area contributed by atoms with Gasteiger partial charge in [-0.25, -0.2) is 4.39 Å². The molecule has 0 saturated carbocycles. The van der Waals surface area contributed by atoms with Gasteiger partial charge in [0.05, 0.1) is 0 Å². The van der Waals surface area contributed by atoms with Gasteiger partial charge in [0.15, 0.2) is 11.6 Å². The van der Waals surface area contributed by atoms with Crippen LogP contribution in [0.1, 0.15) is 30.9 Å². The van der Waals surface area contributed by atoms with Gasteiger partial charge in [0.2, 0.25) is 0 Å². The zero-order chi connectivity index (χ0) is 14.7. The summed E-state index contributed by atoms with van der Waals surface area (Å²) < 4.78 is 19.6. The molecule has 0 unspecified atom stereocenters. The first-order valence-corrected chi connectivity index (χ1v) is 6.39. The van der Waals surface area contributed by atoms with Crippen molar-refractivity contribution in [1.29, 1.82) is 5.41 Å². The van der Waals surface area contributed by atoms with Crippen molar-refractivity contribution in [3.05, 3.63) is 59.4 Å². The van der Waals surface area contributed by atoms with Crippen LogP contribution in [0.5, 0.6) is 11.5 Å². The predicted octanol–water partition coefficient (Wildman–Crippen LogP) is 4.03. The first-order valence-electron chi connectivity index (χ1n) is 6.39. The van der Waals surface area contributed by atoms with Crippen molar-refractivity contribution in [1.82, 2.24) is 0 Å². The Labute approximate surface area is 117 Å². The number of ether oxygens (including phenoxy) is 1.